The molecule has 0 heterocycles. The highest BCUT2D eigenvalue weighted by Crippen LogP contribution is 2.30. The Labute approximate surface area is 155 Å². The lowest BCUT2D eigenvalue weighted by atomic mass is 10.2. The van der Waals surface area contributed by atoms with Gasteiger partial charge in [-0.2, -0.15) is 5.26 Å². The van der Waals surface area contributed by atoms with Gasteiger partial charge in [0, 0.05) is 12.1 Å². The topological polar surface area (TPSA) is 112 Å². The largest absolute Gasteiger partial charge is 0.460 e. The molecular formula is C19H16N2O6. The Morgan fingerprint density at radius 1 is 1.26 bits per heavy atom. The lowest BCUT2D eigenvalue weighted by Crippen LogP contribution is -2.11. The first-order valence-corrected chi connectivity index (χ1v) is 7.86. The molecule has 0 fully saturated rings. The summed E-state index contributed by atoms with van der Waals surface area (Å²) in [6.45, 7) is 7.17. The number of rotatable bonds is 7. The van der Waals surface area contributed by atoms with E-state index in [4.69, 9.17) is 19.5 Å². The molecule has 0 amide bonds. The molecule has 2 rings (SSSR count). The Hall–Kier alpha value is -3.86. The van der Waals surface area contributed by atoms with E-state index < -0.39 is 10.9 Å². The number of nitro benzene ring substituents is 1. The van der Waals surface area contributed by atoms with Gasteiger partial charge in [-0.05, 0) is 50.3 Å². The van der Waals surface area contributed by atoms with Crippen LogP contribution in [0, 0.1) is 28.4 Å². The van der Waals surface area contributed by atoms with Crippen LogP contribution in [0.25, 0.3) is 0 Å². The molecule has 8 nitrogen and oxygen atoms in total. The van der Waals surface area contributed by atoms with E-state index in [0.717, 1.165) is 0 Å². The second kappa shape index (κ2) is 8.49. The van der Waals surface area contributed by atoms with Gasteiger partial charge in [0.05, 0.1) is 11.5 Å². The first-order valence-electron chi connectivity index (χ1n) is 7.86. The second-order valence-electron chi connectivity index (χ2n) is 5.32. The third-order valence-corrected chi connectivity index (χ3v) is 3.40. The van der Waals surface area contributed by atoms with E-state index >= 15 is 0 Å². The summed E-state index contributed by atoms with van der Waals surface area (Å²) in [5, 5.41) is 19.9. The zero-order valence-corrected chi connectivity index (χ0v) is 14.7. The van der Waals surface area contributed by atoms with E-state index in [0.29, 0.717) is 17.1 Å². The minimum absolute atomic E-state index is 0.0973. The summed E-state index contributed by atoms with van der Waals surface area (Å²) in [7, 11) is 0. The molecule has 0 bridgehead atoms. The highest BCUT2D eigenvalue weighted by atomic mass is 16.6. The number of esters is 1. The number of nitrogens with zero attached hydrogens (tertiary/aromatic N) is 2. The molecule has 0 aliphatic rings. The van der Waals surface area contributed by atoms with Gasteiger partial charge in [0.1, 0.15) is 28.9 Å². The average molecular weight is 368 g/mol. The number of hydrogen-bond acceptors (Lipinski definition) is 7. The van der Waals surface area contributed by atoms with Gasteiger partial charge in [-0.1, -0.05) is 0 Å². The van der Waals surface area contributed by atoms with Crippen molar-refractivity contribution < 1.29 is 23.9 Å². The molecule has 8 heteroatoms. The van der Waals surface area contributed by atoms with Crippen LogP contribution in [0.15, 0.2) is 48.7 Å². The van der Waals surface area contributed by atoms with Gasteiger partial charge in [-0.25, -0.2) is 4.79 Å². The Balaban J connectivity index is 2.16. The number of carbonyl (C=O) groups excluding carboxylic acids is 1. The molecule has 0 atom stereocenters. The predicted octanol–water partition coefficient (Wildman–Crippen LogP) is 4.02. The van der Waals surface area contributed by atoms with Crippen LogP contribution in [0.1, 0.15) is 18.1 Å². The lowest BCUT2D eigenvalue weighted by molar-refractivity contribution is -0.385. The van der Waals surface area contributed by atoms with Crippen LogP contribution >= 0.6 is 0 Å². The van der Waals surface area contributed by atoms with Gasteiger partial charge in [0.25, 0.3) is 5.69 Å². The van der Waals surface area contributed by atoms with Crippen LogP contribution in [0.5, 0.6) is 17.2 Å². The highest BCUT2D eigenvalue weighted by molar-refractivity contribution is 5.86. The standard InChI is InChI=1S/C19H16N2O6/c1-4-25-19(22)13(3)26-18-8-6-15(9-12(18)2)27-16-5-7-17(21(23)24)14(10-16)11-20/h5-10H,3-4H2,1-2H3. The Bertz CT molecular complexity index is 946. The number of aryl methyl sites for hydroxylation is 1. The van der Waals surface area contributed by atoms with Crippen molar-refractivity contribution in [1.82, 2.24) is 0 Å². The van der Waals surface area contributed by atoms with Crippen molar-refractivity contribution >= 4 is 11.7 Å². The monoisotopic (exact) mass is 368 g/mol. The molecule has 2 aromatic rings. The lowest BCUT2D eigenvalue weighted by Gasteiger charge is -2.12. The van der Waals surface area contributed by atoms with Crippen molar-refractivity contribution in [3.63, 3.8) is 0 Å². The molecule has 0 radical (unpaired) electrons. The molecular weight excluding hydrogens is 352 g/mol. The molecule has 2 aromatic carbocycles. The molecule has 0 saturated heterocycles. The summed E-state index contributed by atoms with van der Waals surface area (Å²) < 4.78 is 15.8. The van der Waals surface area contributed by atoms with E-state index in [1.807, 2.05) is 0 Å². The first kappa shape index (κ1) is 19.5. The fourth-order valence-electron chi connectivity index (χ4n) is 2.15. The Morgan fingerprint density at radius 2 is 1.93 bits per heavy atom. The number of hydrogen-bond donors (Lipinski definition) is 0. The molecule has 0 aliphatic carbocycles. The number of carbonyl (C=O) groups is 1. The van der Waals surface area contributed by atoms with Gasteiger partial charge in [0.15, 0.2) is 0 Å². The van der Waals surface area contributed by atoms with E-state index in [9.17, 15) is 14.9 Å². The maximum absolute atomic E-state index is 11.6. The summed E-state index contributed by atoms with van der Waals surface area (Å²) in [5.74, 6) is 0.331. The number of benzene rings is 2. The maximum Gasteiger partial charge on any atom is 0.373 e. The summed E-state index contributed by atoms with van der Waals surface area (Å²) in [5.41, 5.74) is 0.280. The molecule has 0 saturated carbocycles. The predicted molar refractivity (Wildman–Crippen MR) is 95.5 cm³/mol. The Morgan fingerprint density at radius 3 is 2.52 bits per heavy atom. The summed E-state index contributed by atoms with van der Waals surface area (Å²) in [6.07, 6.45) is 0. The normalized spacial score (nSPS) is 9.81. The third kappa shape index (κ3) is 4.83. The van der Waals surface area contributed by atoms with Crippen LogP contribution in [0.2, 0.25) is 0 Å². The third-order valence-electron chi connectivity index (χ3n) is 3.40. The fourth-order valence-corrected chi connectivity index (χ4v) is 2.15. The molecule has 27 heavy (non-hydrogen) atoms. The number of nitriles is 1. The van der Waals surface area contributed by atoms with Gasteiger partial charge >= 0.3 is 5.97 Å². The molecule has 0 spiro atoms. The number of nitro groups is 1. The molecule has 138 valence electrons. The second-order valence-corrected chi connectivity index (χ2v) is 5.32. The zero-order chi connectivity index (χ0) is 20.0. The van der Waals surface area contributed by atoms with Gasteiger partial charge in [-0.3, -0.25) is 10.1 Å². The first-order chi connectivity index (χ1) is 12.8. The minimum atomic E-state index is -0.646. The van der Waals surface area contributed by atoms with Crippen LogP contribution < -0.4 is 9.47 Å². The van der Waals surface area contributed by atoms with E-state index in [-0.39, 0.29) is 29.4 Å². The molecule has 0 unspecified atom stereocenters. The van der Waals surface area contributed by atoms with Crippen molar-refractivity contribution in [3.8, 4) is 23.3 Å². The molecule has 0 aromatic heterocycles. The van der Waals surface area contributed by atoms with Crippen LogP contribution in [-0.4, -0.2) is 17.5 Å². The van der Waals surface area contributed by atoms with Crippen molar-refractivity contribution in [2.45, 2.75) is 13.8 Å². The van der Waals surface area contributed by atoms with Gasteiger partial charge in [0.2, 0.25) is 5.76 Å². The highest BCUT2D eigenvalue weighted by Gasteiger charge is 2.15. The van der Waals surface area contributed by atoms with Gasteiger partial charge < -0.3 is 14.2 Å². The molecule has 0 N–H and O–H groups in total. The van der Waals surface area contributed by atoms with Crippen LogP contribution in [-0.2, 0) is 9.53 Å². The van der Waals surface area contributed by atoms with E-state index in [2.05, 4.69) is 6.58 Å². The van der Waals surface area contributed by atoms with Crippen molar-refractivity contribution in [1.29, 1.82) is 5.26 Å². The molecule has 0 aliphatic heterocycles. The average Bonchev–Trinajstić information content (AvgIpc) is 2.63. The fraction of sp³-hybridized carbons (Fsp3) is 0.158. The maximum atomic E-state index is 11.6. The van der Waals surface area contributed by atoms with Gasteiger partial charge in [-0.15, -0.1) is 0 Å². The zero-order valence-electron chi connectivity index (χ0n) is 14.7. The van der Waals surface area contributed by atoms with E-state index in [1.165, 1.54) is 18.2 Å². The van der Waals surface area contributed by atoms with Crippen molar-refractivity contribution in [3.05, 3.63) is 70.0 Å². The SMILES string of the molecule is C=C(Oc1ccc(Oc2ccc([N+](=O)[O-])c(C#N)c2)cc1C)C(=O)OCC. The number of ether oxygens (including phenoxy) is 3. The Kier molecular flexibility index (Phi) is 6.12. The summed E-state index contributed by atoms with van der Waals surface area (Å²) in [4.78, 5) is 21.8. The summed E-state index contributed by atoms with van der Waals surface area (Å²) >= 11 is 0. The minimum Gasteiger partial charge on any atom is -0.460 e. The van der Waals surface area contributed by atoms with Crippen molar-refractivity contribution in [2.24, 2.45) is 0 Å². The quantitative estimate of drug-likeness (QED) is 0.238. The van der Waals surface area contributed by atoms with E-state index in [1.54, 1.807) is 38.1 Å². The summed E-state index contributed by atoms with van der Waals surface area (Å²) in [6, 6.07) is 10.5. The van der Waals surface area contributed by atoms with Crippen LogP contribution in [0.3, 0.4) is 0 Å². The smallest absolute Gasteiger partial charge is 0.373 e. The van der Waals surface area contributed by atoms with Crippen molar-refractivity contribution in [2.75, 3.05) is 6.61 Å². The van der Waals surface area contributed by atoms with Crippen LogP contribution in [0.4, 0.5) is 5.69 Å².